The fraction of sp³-hybridized carbons (Fsp3) is 0.333. The highest BCUT2D eigenvalue weighted by Gasteiger charge is 2.17. The van der Waals surface area contributed by atoms with Gasteiger partial charge in [0.15, 0.2) is 0 Å². The number of nitrogens with one attached hydrogen (secondary N) is 1. The van der Waals surface area contributed by atoms with Crippen LogP contribution in [0.5, 0.6) is 0 Å². The molecule has 0 bridgehead atoms. The predicted molar refractivity (Wildman–Crippen MR) is 114 cm³/mol. The molecule has 5 heteroatoms. The molecule has 0 aliphatic rings. The molecule has 5 nitrogen and oxygen atoms in total. The van der Waals surface area contributed by atoms with E-state index in [0.717, 1.165) is 25.4 Å². The molecule has 0 aliphatic heterocycles. The van der Waals surface area contributed by atoms with Gasteiger partial charge in [0.05, 0.1) is 25.1 Å². The minimum Gasteiger partial charge on any atom is -0.467 e. The highest BCUT2D eigenvalue weighted by molar-refractivity contribution is 5.26. The van der Waals surface area contributed by atoms with Crippen LogP contribution in [0.1, 0.15) is 22.6 Å². The van der Waals surface area contributed by atoms with E-state index in [-0.39, 0.29) is 6.61 Å². The van der Waals surface area contributed by atoms with Gasteiger partial charge in [0.1, 0.15) is 31.6 Å². The van der Waals surface area contributed by atoms with Crippen LogP contribution in [0, 0.1) is 6.92 Å². The summed E-state index contributed by atoms with van der Waals surface area (Å²) in [6.07, 6.45) is 5.10. The van der Waals surface area contributed by atoms with Crippen LogP contribution >= 0.6 is 0 Å². The third-order valence-electron chi connectivity index (χ3n) is 5.05. The Morgan fingerprint density at radius 1 is 1.21 bits per heavy atom. The van der Waals surface area contributed by atoms with Crippen LogP contribution in [0.2, 0.25) is 0 Å². The highest BCUT2D eigenvalue weighted by Crippen LogP contribution is 2.11. The number of aromatic nitrogens is 1. The molecule has 0 saturated carbocycles. The number of hydrogen-bond donors (Lipinski definition) is 2. The number of rotatable bonds is 12. The van der Waals surface area contributed by atoms with Gasteiger partial charge in [-0.15, -0.1) is 0 Å². The zero-order valence-corrected chi connectivity index (χ0v) is 17.1. The largest absolute Gasteiger partial charge is 0.467 e. The summed E-state index contributed by atoms with van der Waals surface area (Å²) in [5.74, 6) is 0.765. The van der Waals surface area contributed by atoms with Crippen molar-refractivity contribution in [3.05, 3.63) is 96.2 Å². The van der Waals surface area contributed by atoms with Gasteiger partial charge in [-0.05, 0) is 48.4 Å². The molecule has 3 aromatic rings. The van der Waals surface area contributed by atoms with Crippen molar-refractivity contribution >= 4 is 0 Å². The van der Waals surface area contributed by atoms with E-state index in [4.69, 9.17) is 9.15 Å². The molecule has 1 aromatic carbocycles. The Bertz CT molecular complexity index is 870. The minimum atomic E-state index is -0.542. The van der Waals surface area contributed by atoms with E-state index in [0.29, 0.717) is 13.2 Å². The second kappa shape index (κ2) is 10.8. The Kier molecular flexibility index (Phi) is 7.87. The molecule has 0 saturated heterocycles. The molecule has 0 aliphatic carbocycles. The van der Waals surface area contributed by atoms with Gasteiger partial charge in [-0.3, -0.25) is 0 Å². The summed E-state index contributed by atoms with van der Waals surface area (Å²) in [5, 5.41) is 10.4. The van der Waals surface area contributed by atoms with E-state index in [1.165, 1.54) is 21.7 Å². The maximum atomic E-state index is 10.4. The molecule has 3 rings (SSSR count). The maximum Gasteiger partial charge on any atom is 0.129 e. The maximum absolute atomic E-state index is 10.4. The number of ether oxygens (including phenoxy) is 1. The Morgan fingerprint density at radius 2 is 2.07 bits per heavy atom. The Morgan fingerprint density at radius 3 is 2.83 bits per heavy atom. The van der Waals surface area contributed by atoms with Crippen molar-refractivity contribution in [1.82, 2.24) is 4.57 Å². The highest BCUT2D eigenvalue weighted by atomic mass is 16.5. The van der Waals surface area contributed by atoms with Gasteiger partial charge in [-0.2, -0.15) is 0 Å². The molecule has 2 atom stereocenters. The third kappa shape index (κ3) is 6.46. The second-order valence-electron chi connectivity index (χ2n) is 7.43. The lowest BCUT2D eigenvalue weighted by atomic mass is 10.1. The number of furan rings is 1. The van der Waals surface area contributed by atoms with Gasteiger partial charge in [0.2, 0.25) is 0 Å². The van der Waals surface area contributed by atoms with E-state index in [1.807, 2.05) is 18.2 Å². The standard InChI is InChI=1S/C24H30N2O3/c1-3-12-25(17-23(27)18-28-19-24-11-7-14-29-24)16-22-10-6-13-26(22)15-21-9-5-4-8-20(21)2/h3-11,13-14,23,27H,1,12,15-19H2,2H3/p+1/t23-/m1/s1. The van der Waals surface area contributed by atoms with Crippen molar-refractivity contribution in [3.63, 3.8) is 0 Å². The molecule has 2 heterocycles. The van der Waals surface area contributed by atoms with E-state index in [9.17, 15) is 5.11 Å². The second-order valence-corrected chi connectivity index (χ2v) is 7.43. The number of benzene rings is 1. The average Bonchev–Trinajstić information content (AvgIpc) is 3.36. The smallest absolute Gasteiger partial charge is 0.129 e. The molecule has 1 unspecified atom stereocenters. The van der Waals surface area contributed by atoms with Gasteiger partial charge in [0.25, 0.3) is 0 Å². The first kappa shape index (κ1) is 21.1. The molecule has 0 spiro atoms. The fourth-order valence-electron chi connectivity index (χ4n) is 3.51. The van der Waals surface area contributed by atoms with Crippen LogP contribution in [-0.4, -0.2) is 35.5 Å². The average molecular weight is 396 g/mol. The molecule has 154 valence electrons. The van der Waals surface area contributed by atoms with Crippen LogP contribution in [-0.2, 0) is 24.4 Å². The van der Waals surface area contributed by atoms with Crippen LogP contribution in [0.15, 0.2) is 78.1 Å². The lowest BCUT2D eigenvalue weighted by Gasteiger charge is -2.22. The van der Waals surface area contributed by atoms with E-state index >= 15 is 0 Å². The summed E-state index contributed by atoms with van der Waals surface area (Å²) in [7, 11) is 0. The summed E-state index contributed by atoms with van der Waals surface area (Å²) < 4.78 is 13.1. The van der Waals surface area contributed by atoms with Crippen LogP contribution in [0.4, 0.5) is 0 Å². The molecule has 2 aromatic heterocycles. The third-order valence-corrected chi connectivity index (χ3v) is 5.05. The van der Waals surface area contributed by atoms with Gasteiger partial charge >= 0.3 is 0 Å². The summed E-state index contributed by atoms with van der Waals surface area (Å²) >= 11 is 0. The summed E-state index contributed by atoms with van der Waals surface area (Å²) in [4.78, 5) is 1.25. The lowest BCUT2D eigenvalue weighted by Crippen LogP contribution is -3.11. The summed E-state index contributed by atoms with van der Waals surface area (Å²) in [6, 6.07) is 16.4. The molecular weight excluding hydrogens is 364 g/mol. The van der Waals surface area contributed by atoms with Gasteiger partial charge in [-0.25, -0.2) is 0 Å². The first-order chi connectivity index (χ1) is 14.2. The number of aliphatic hydroxyl groups excluding tert-OH is 1. The molecule has 2 N–H and O–H groups in total. The number of aryl methyl sites for hydroxylation is 1. The van der Waals surface area contributed by atoms with E-state index < -0.39 is 6.10 Å². The molecule has 29 heavy (non-hydrogen) atoms. The summed E-state index contributed by atoms with van der Waals surface area (Å²) in [6.45, 7) is 9.74. The molecule has 0 radical (unpaired) electrons. The Hall–Kier alpha value is -2.60. The first-order valence-electron chi connectivity index (χ1n) is 10.1. The van der Waals surface area contributed by atoms with Crippen molar-refractivity contribution in [2.75, 3.05) is 19.7 Å². The van der Waals surface area contributed by atoms with Crippen molar-refractivity contribution in [1.29, 1.82) is 0 Å². The quantitative estimate of drug-likeness (QED) is 0.464. The van der Waals surface area contributed by atoms with Crippen molar-refractivity contribution in [3.8, 4) is 0 Å². The van der Waals surface area contributed by atoms with E-state index in [1.54, 1.807) is 6.26 Å². The Balaban J connectivity index is 1.55. The molecule has 0 fully saturated rings. The SMILES string of the molecule is C=CC[NH+](Cc1cccn1Cc1ccccc1C)C[C@@H](O)COCc1ccco1. The zero-order chi connectivity index (χ0) is 20.5. The minimum absolute atomic E-state index is 0.283. The lowest BCUT2D eigenvalue weighted by molar-refractivity contribution is -0.911. The van der Waals surface area contributed by atoms with Gasteiger partial charge < -0.3 is 23.7 Å². The van der Waals surface area contributed by atoms with Crippen LogP contribution in [0.3, 0.4) is 0 Å². The number of quaternary nitrogens is 1. The first-order valence-corrected chi connectivity index (χ1v) is 10.1. The zero-order valence-electron chi connectivity index (χ0n) is 17.1. The fourth-order valence-corrected chi connectivity index (χ4v) is 3.51. The number of nitrogens with zero attached hydrogens (tertiary/aromatic N) is 1. The summed E-state index contributed by atoms with van der Waals surface area (Å²) in [5.41, 5.74) is 3.86. The predicted octanol–water partition coefficient (Wildman–Crippen LogP) is 2.59. The van der Waals surface area contributed by atoms with Crippen LogP contribution < -0.4 is 4.90 Å². The number of hydrogen-bond acceptors (Lipinski definition) is 3. The van der Waals surface area contributed by atoms with Crippen molar-refractivity contribution in [2.24, 2.45) is 0 Å². The Labute approximate surface area is 172 Å². The van der Waals surface area contributed by atoms with Gasteiger partial charge in [-0.1, -0.05) is 30.8 Å². The van der Waals surface area contributed by atoms with Crippen molar-refractivity contribution < 1.29 is 19.2 Å². The number of aliphatic hydroxyl groups is 1. The van der Waals surface area contributed by atoms with Crippen LogP contribution in [0.25, 0.3) is 0 Å². The van der Waals surface area contributed by atoms with Crippen molar-refractivity contribution in [2.45, 2.75) is 32.7 Å². The normalized spacial score (nSPS) is 13.3. The molecule has 0 amide bonds. The molecular formula is C24H31N2O3+. The topological polar surface area (TPSA) is 52.0 Å². The monoisotopic (exact) mass is 395 g/mol. The van der Waals surface area contributed by atoms with Gasteiger partial charge in [0, 0.05) is 12.7 Å². The van der Waals surface area contributed by atoms with E-state index in [2.05, 4.69) is 60.7 Å².